The third-order valence-electron chi connectivity index (χ3n) is 5.75. The van der Waals surface area contributed by atoms with E-state index in [4.69, 9.17) is 4.74 Å². The first-order valence-corrected chi connectivity index (χ1v) is 12.2. The molecule has 1 fully saturated rings. The SMILES string of the molecule is COc1ccc(C(CC(C)C)NC(=O)C2CCN(S(=O)(=O)c3ccccc3)CC2)cc1. The minimum absolute atomic E-state index is 0.00164. The van der Waals surface area contributed by atoms with Crippen LogP contribution in [-0.4, -0.2) is 38.8 Å². The molecule has 7 heteroatoms. The van der Waals surface area contributed by atoms with Gasteiger partial charge in [-0.25, -0.2) is 8.42 Å². The summed E-state index contributed by atoms with van der Waals surface area (Å²) in [7, 11) is -1.88. The fourth-order valence-electron chi connectivity index (χ4n) is 3.98. The number of ether oxygens (including phenoxy) is 1. The second-order valence-electron chi connectivity index (χ2n) is 8.46. The third-order valence-corrected chi connectivity index (χ3v) is 7.66. The van der Waals surface area contributed by atoms with Crippen molar-refractivity contribution in [2.45, 2.75) is 44.0 Å². The molecular formula is C24H32N2O4S. The van der Waals surface area contributed by atoms with Crippen molar-refractivity contribution in [3.63, 3.8) is 0 Å². The summed E-state index contributed by atoms with van der Waals surface area (Å²) in [6, 6.07) is 16.2. The van der Waals surface area contributed by atoms with Crippen LogP contribution >= 0.6 is 0 Å². The Morgan fingerprint density at radius 3 is 2.23 bits per heavy atom. The number of hydrogen-bond donors (Lipinski definition) is 1. The smallest absolute Gasteiger partial charge is 0.243 e. The van der Waals surface area contributed by atoms with E-state index in [-0.39, 0.29) is 17.9 Å². The summed E-state index contributed by atoms with van der Waals surface area (Å²) in [6.07, 6.45) is 1.88. The van der Waals surface area contributed by atoms with Crippen LogP contribution in [0.2, 0.25) is 0 Å². The summed E-state index contributed by atoms with van der Waals surface area (Å²) >= 11 is 0. The number of carbonyl (C=O) groups excluding carboxylic acids is 1. The highest BCUT2D eigenvalue weighted by atomic mass is 32.2. The summed E-state index contributed by atoms with van der Waals surface area (Å²) in [5.74, 6) is 1.02. The Labute approximate surface area is 185 Å². The molecule has 0 bridgehead atoms. The van der Waals surface area contributed by atoms with E-state index in [0.717, 1.165) is 17.7 Å². The van der Waals surface area contributed by atoms with Crippen LogP contribution < -0.4 is 10.1 Å². The van der Waals surface area contributed by atoms with E-state index in [1.165, 1.54) is 4.31 Å². The number of piperidine rings is 1. The van der Waals surface area contributed by atoms with Gasteiger partial charge in [-0.2, -0.15) is 4.31 Å². The molecule has 31 heavy (non-hydrogen) atoms. The van der Waals surface area contributed by atoms with Crippen LogP contribution in [-0.2, 0) is 14.8 Å². The van der Waals surface area contributed by atoms with Gasteiger partial charge in [0.1, 0.15) is 5.75 Å². The second kappa shape index (κ2) is 10.3. The van der Waals surface area contributed by atoms with Gasteiger partial charge in [0.2, 0.25) is 15.9 Å². The highest BCUT2D eigenvalue weighted by molar-refractivity contribution is 7.89. The number of amides is 1. The lowest BCUT2D eigenvalue weighted by molar-refractivity contribution is -0.127. The highest BCUT2D eigenvalue weighted by Gasteiger charge is 2.32. The lowest BCUT2D eigenvalue weighted by Gasteiger charge is -2.32. The van der Waals surface area contributed by atoms with E-state index in [1.807, 2.05) is 24.3 Å². The minimum atomic E-state index is -3.51. The van der Waals surface area contributed by atoms with Crippen molar-refractivity contribution in [3.8, 4) is 5.75 Å². The number of carbonyl (C=O) groups is 1. The van der Waals surface area contributed by atoms with Crippen molar-refractivity contribution in [2.75, 3.05) is 20.2 Å². The quantitative estimate of drug-likeness (QED) is 0.668. The molecule has 1 heterocycles. The van der Waals surface area contributed by atoms with E-state index in [2.05, 4.69) is 19.2 Å². The van der Waals surface area contributed by atoms with Crippen LogP contribution in [0.5, 0.6) is 5.75 Å². The lowest BCUT2D eigenvalue weighted by atomic mass is 9.93. The van der Waals surface area contributed by atoms with Gasteiger partial charge in [-0.1, -0.05) is 44.2 Å². The molecule has 1 aliphatic rings. The number of benzene rings is 2. The number of methoxy groups -OCH3 is 1. The number of hydrogen-bond acceptors (Lipinski definition) is 4. The topological polar surface area (TPSA) is 75.7 Å². The first-order valence-electron chi connectivity index (χ1n) is 10.8. The van der Waals surface area contributed by atoms with E-state index in [9.17, 15) is 13.2 Å². The number of rotatable bonds is 8. The molecule has 1 atom stereocenters. The predicted molar refractivity (Wildman–Crippen MR) is 121 cm³/mol. The molecular weight excluding hydrogens is 412 g/mol. The summed E-state index contributed by atoms with van der Waals surface area (Å²) in [5, 5.41) is 3.21. The van der Waals surface area contributed by atoms with Crippen LogP contribution in [0.25, 0.3) is 0 Å². The molecule has 0 saturated carbocycles. The maximum atomic E-state index is 13.0. The average Bonchev–Trinajstić information content (AvgIpc) is 2.79. The van der Waals surface area contributed by atoms with Gasteiger partial charge in [0, 0.05) is 19.0 Å². The molecule has 1 aliphatic heterocycles. The van der Waals surface area contributed by atoms with Crippen molar-refractivity contribution in [1.82, 2.24) is 9.62 Å². The Morgan fingerprint density at radius 2 is 1.68 bits per heavy atom. The van der Waals surface area contributed by atoms with E-state index in [0.29, 0.717) is 36.7 Å². The van der Waals surface area contributed by atoms with Gasteiger partial charge in [0.15, 0.2) is 0 Å². The first kappa shape index (κ1) is 23.3. The van der Waals surface area contributed by atoms with Crippen LogP contribution in [0.1, 0.15) is 44.7 Å². The Morgan fingerprint density at radius 1 is 1.06 bits per heavy atom. The standard InChI is InChI=1S/C24H32N2O4S/c1-18(2)17-23(19-9-11-21(30-3)12-10-19)25-24(27)20-13-15-26(16-14-20)31(28,29)22-7-5-4-6-8-22/h4-12,18,20,23H,13-17H2,1-3H3,(H,25,27). The molecule has 3 rings (SSSR count). The van der Waals surface area contributed by atoms with Crippen molar-refractivity contribution in [2.24, 2.45) is 11.8 Å². The van der Waals surface area contributed by atoms with Crippen LogP contribution in [0.3, 0.4) is 0 Å². The molecule has 0 spiro atoms. The maximum absolute atomic E-state index is 13.0. The second-order valence-corrected chi connectivity index (χ2v) is 10.4. The molecule has 1 unspecified atom stereocenters. The molecule has 168 valence electrons. The molecule has 0 radical (unpaired) electrons. The van der Waals surface area contributed by atoms with Gasteiger partial charge in [0.25, 0.3) is 0 Å². The zero-order valence-corrected chi connectivity index (χ0v) is 19.3. The summed E-state index contributed by atoms with van der Waals surface area (Å²) < 4.78 is 32.4. The number of sulfonamides is 1. The Hall–Kier alpha value is -2.38. The largest absolute Gasteiger partial charge is 0.497 e. The average molecular weight is 445 g/mol. The van der Waals surface area contributed by atoms with Crippen LogP contribution in [0.15, 0.2) is 59.5 Å². The molecule has 6 nitrogen and oxygen atoms in total. The van der Waals surface area contributed by atoms with Gasteiger partial charge in [-0.05, 0) is 55.0 Å². The molecule has 1 N–H and O–H groups in total. The molecule has 0 aromatic heterocycles. The van der Waals surface area contributed by atoms with Gasteiger partial charge >= 0.3 is 0 Å². The van der Waals surface area contributed by atoms with Gasteiger partial charge in [-0.15, -0.1) is 0 Å². The van der Waals surface area contributed by atoms with E-state index < -0.39 is 10.0 Å². The van der Waals surface area contributed by atoms with Crippen LogP contribution in [0.4, 0.5) is 0 Å². The summed E-state index contributed by atoms with van der Waals surface area (Å²) in [6.45, 7) is 4.98. The fraction of sp³-hybridized carbons (Fsp3) is 0.458. The summed E-state index contributed by atoms with van der Waals surface area (Å²) in [4.78, 5) is 13.3. The fourth-order valence-corrected chi connectivity index (χ4v) is 5.47. The Kier molecular flexibility index (Phi) is 7.73. The monoisotopic (exact) mass is 444 g/mol. The molecule has 1 amide bonds. The zero-order chi connectivity index (χ0) is 22.4. The lowest BCUT2D eigenvalue weighted by Crippen LogP contribution is -2.43. The van der Waals surface area contributed by atoms with Gasteiger partial charge in [0.05, 0.1) is 18.0 Å². The zero-order valence-electron chi connectivity index (χ0n) is 18.5. The normalized spacial score (nSPS) is 16.8. The molecule has 1 saturated heterocycles. The van der Waals surface area contributed by atoms with E-state index in [1.54, 1.807) is 37.4 Å². The van der Waals surface area contributed by atoms with Gasteiger partial charge in [-0.3, -0.25) is 4.79 Å². The minimum Gasteiger partial charge on any atom is -0.497 e. The molecule has 0 aliphatic carbocycles. The molecule has 2 aromatic carbocycles. The maximum Gasteiger partial charge on any atom is 0.243 e. The van der Waals surface area contributed by atoms with Crippen LogP contribution in [0, 0.1) is 11.8 Å². The molecule has 2 aromatic rings. The Balaban J connectivity index is 1.63. The van der Waals surface area contributed by atoms with Crippen molar-refractivity contribution < 1.29 is 17.9 Å². The van der Waals surface area contributed by atoms with E-state index >= 15 is 0 Å². The van der Waals surface area contributed by atoms with Crippen molar-refractivity contribution >= 4 is 15.9 Å². The van der Waals surface area contributed by atoms with Crippen molar-refractivity contribution in [3.05, 3.63) is 60.2 Å². The summed E-state index contributed by atoms with van der Waals surface area (Å²) in [5.41, 5.74) is 1.05. The Bertz CT molecular complexity index is 951. The third kappa shape index (κ3) is 5.86. The number of nitrogens with one attached hydrogen (secondary N) is 1. The van der Waals surface area contributed by atoms with Gasteiger partial charge < -0.3 is 10.1 Å². The van der Waals surface area contributed by atoms with Crippen molar-refractivity contribution in [1.29, 1.82) is 0 Å². The predicted octanol–water partition coefficient (Wildman–Crippen LogP) is 4.00. The highest BCUT2D eigenvalue weighted by Crippen LogP contribution is 2.27. The first-order chi connectivity index (χ1) is 14.8. The number of nitrogens with zero attached hydrogens (tertiary/aromatic N) is 1.